The van der Waals surface area contributed by atoms with E-state index in [2.05, 4.69) is 22.0 Å². The Morgan fingerprint density at radius 2 is 1.88 bits per heavy atom. The van der Waals surface area contributed by atoms with E-state index >= 15 is 0 Å². The van der Waals surface area contributed by atoms with Gasteiger partial charge < -0.3 is 10.0 Å². The molecule has 32 heavy (non-hydrogen) atoms. The number of nitrogens with zero attached hydrogens (tertiary/aromatic N) is 4. The van der Waals surface area contributed by atoms with Gasteiger partial charge in [0.15, 0.2) is 5.69 Å². The summed E-state index contributed by atoms with van der Waals surface area (Å²) in [5.41, 5.74) is 4.79. The number of phenolic OH excluding ortho intramolecular Hbond substituents is 1. The van der Waals surface area contributed by atoms with Crippen LogP contribution in [-0.2, 0) is 11.2 Å². The topological polar surface area (TPSA) is 89.6 Å². The van der Waals surface area contributed by atoms with Crippen molar-refractivity contribution in [2.24, 2.45) is 5.10 Å². The molecule has 164 valence electrons. The van der Waals surface area contributed by atoms with Gasteiger partial charge in [0, 0.05) is 37.3 Å². The number of hydrogen-bond acceptors (Lipinski definition) is 5. The largest absolute Gasteiger partial charge is 0.507 e. The van der Waals surface area contributed by atoms with E-state index in [1.807, 2.05) is 11.0 Å². The van der Waals surface area contributed by atoms with E-state index in [0.717, 1.165) is 5.56 Å². The lowest BCUT2D eigenvalue weighted by Crippen LogP contribution is -2.50. The van der Waals surface area contributed by atoms with Gasteiger partial charge in [-0.15, -0.1) is 6.58 Å². The van der Waals surface area contributed by atoms with Crippen molar-refractivity contribution >= 4 is 23.7 Å². The maximum atomic E-state index is 12.6. The van der Waals surface area contributed by atoms with Crippen molar-refractivity contribution in [3.63, 3.8) is 0 Å². The second-order valence-electron chi connectivity index (χ2n) is 7.37. The van der Waals surface area contributed by atoms with E-state index in [0.29, 0.717) is 49.4 Å². The minimum atomic E-state index is -0.266. The number of piperazine rings is 1. The summed E-state index contributed by atoms with van der Waals surface area (Å²) >= 11 is 0. The zero-order valence-electron chi connectivity index (χ0n) is 17.7. The molecule has 3 rings (SSSR count). The van der Waals surface area contributed by atoms with Crippen LogP contribution in [0, 0.1) is 6.57 Å². The lowest BCUT2D eigenvalue weighted by molar-refractivity contribution is -0.122. The molecule has 2 amide bonds. The van der Waals surface area contributed by atoms with Gasteiger partial charge >= 0.3 is 0 Å². The highest BCUT2D eigenvalue weighted by Crippen LogP contribution is 2.21. The summed E-state index contributed by atoms with van der Waals surface area (Å²) in [7, 11) is 0. The van der Waals surface area contributed by atoms with Crippen LogP contribution in [0.25, 0.3) is 4.85 Å². The van der Waals surface area contributed by atoms with E-state index < -0.39 is 0 Å². The standard InChI is InChI=1S/C24H25N5O3/c1-3-5-18-6-4-7-20(23(18)31)16-26-27-22(30)17-28-12-14-29(15-13-28)24(32)19-8-10-21(25-2)11-9-19/h3-4,6-11,16,31H,1,5,12-15,17H2,(H,27,30)/b26-16+. The van der Waals surface area contributed by atoms with Crippen LogP contribution in [-0.4, -0.2) is 65.7 Å². The van der Waals surface area contributed by atoms with Crippen molar-refractivity contribution in [1.29, 1.82) is 0 Å². The third-order valence-electron chi connectivity index (χ3n) is 5.18. The lowest BCUT2D eigenvalue weighted by Gasteiger charge is -2.34. The average molecular weight is 431 g/mol. The van der Waals surface area contributed by atoms with Gasteiger partial charge in [0.25, 0.3) is 11.8 Å². The molecule has 2 aromatic carbocycles. The summed E-state index contributed by atoms with van der Waals surface area (Å²) in [6, 6.07) is 11.9. The van der Waals surface area contributed by atoms with Gasteiger partial charge in [-0.1, -0.05) is 42.5 Å². The number of benzene rings is 2. The second-order valence-corrected chi connectivity index (χ2v) is 7.37. The van der Waals surface area contributed by atoms with E-state index in [9.17, 15) is 14.7 Å². The molecule has 0 saturated carbocycles. The quantitative estimate of drug-likeness (QED) is 0.305. The SMILES string of the molecule is [C-]#[N+]c1ccc(C(=O)N2CCN(CC(=O)N/N=C/c3cccc(CC=C)c3O)CC2)cc1. The highest BCUT2D eigenvalue weighted by atomic mass is 16.3. The number of hydrazone groups is 1. The number of para-hydroxylation sites is 1. The van der Waals surface area contributed by atoms with Crippen LogP contribution in [0.2, 0.25) is 0 Å². The Morgan fingerprint density at radius 1 is 1.16 bits per heavy atom. The highest BCUT2D eigenvalue weighted by Gasteiger charge is 2.23. The zero-order valence-corrected chi connectivity index (χ0v) is 17.7. The highest BCUT2D eigenvalue weighted by molar-refractivity contribution is 5.94. The van der Waals surface area contributed by atoms with E-state index in [-0.39, 0.29) is 24.1 Å². The lowest BCUT2D eigenvalue weighted by atomic mass is 10.1. The first-order chi connectivity index (χ1) is 15.5. The number of carbonyl (C=O) groups is 2. The van der Waals surface area contributed by atoms with Gasteiger partial charge in [0.2, 0.25) is 0 Å². The van der Waals surface area contributed by atoms with Gasteiger partial charge in [0.05, 0.1) is 19.3 Å². The number of aromatic hydroxyl groups is 1. The van der Waals surface area contributed by atoms with Crippen LogP contribution < -0.4 is 5.43 Å². The first-order valence-corrected chi connectivity index (χ1v) is 10.2. The normalized spacial score (nSPS) is 14.2. The predicted molar refractivity (Wildman–Crippen MR) is 123 cm³/mol. The van der Waals surface area contributed by atoms with Crippen LogP contribution >= 0.6 is 0 Å². The van der Waals surface area contributed by atoms with Crippen molar-refractivity contribution in [3.05, 3.63) is 83.2 Å². The Labute approximate surface area is 187 Å². The van der Waals surface area contributed by atoms with Gasteiger partial charge in [-0.2, -0.15) is 5.10 Å². The maximum Gasteiger partial charge on any atom is 0.254 e. The number of rotatable bonds is 7. The molecular formula is C24H25N5O3. The molecule has 0 radical (unpaired) electrons. The van der Waals surface area contributed by atoms with Crippen molar-refractivity contribution in [3.8, 4) is 5.75 Å². The predicted octanol–water partition coefficient (Wildman–Crippen LogP) is 2.58. The summed E-state index contributed by atoms with van der Waals surface area (Å²) in [5.74, 6) is -0.221. The molecule has 0 atom stereocenters. The smallest absolute Gasteiger partial charge is 0.254 e. The zero-order chi connectivity index (χ0) is 22.9. The summed E-state index contributed by atoms with van der Waals surface area (Å²) in [6.07, 6.45) is 3.66. The van der Waals surface area contributed by atoms with Gasteiger partial charge in [-0.25, -0.2) is 10.3 Å². The van der Waals surface area contributed by atoms with Crippen LogP contribution in [0.15, 0.2) is 60.2 Å². The molecule has 0 bridgehead atoms. The maximum absolute atomic E-state index is 12.6. The molecule has 1 aliphatic heterocycles. The molecule has 1 saturated heterocycles. The first-order valence-electron chi connectivity index (χ1n) is 10.2. The fraction of sp³-hybridized carbons (Fsp3) is 0.250. The molecule has 0 aliphatic carbocycles. The third kappa shape index (κ3) is 5.80. The molecule has 0 aromatic heterocycles. The van der Waals surface area contributed by atoms with Crippen LogP contribution in [0.3, 0.4) is 0 Å². The fourth-order valence-corrected chi connectivity index (χ4v) is 3.42. The summed E-state index contributed by atoms with van der Waals surface area (Å²) in [5, 5.41) is 14.2. The van der Waals surface area contributed by atoms with Crippen molar-refractivity contribution in [1.82, 2.24) is 15.2 Å². The van der Waals surface area contributed by atoms with E-state index in [4.69, 9.17) is 6.57 Å². The van der Waals surface area contributed by atoms with Crippen molar-refractivity contribution in [2.75, 3.05) is 32.7 Å². The molecule has 2 aromatic rings. The Hall–Kier alpha value is -3.96. The molecule has 0 spiro atoms. The molecular weight excluding hydrogens is 406 g/mol. The number of carbonyl (C=O) groups excluding carboxylic acids is 2. The molecule has 1 heterocycles. The minimum absolute atomic E-state index is 0.0753. The Balaban J connectivity index is 1.46. The minimum Gasteiger partial charge on any atom is -0.507 e. The average Bonchev–Trinajstić information content (AvgIpc) is 2.81. The fourth-order valence-electron chi connectivity index (χ4n) is 3.42. The van der Waals surface area contributed by atoms with Crippen LogP contribution in [0.4, 0.5) is 5.69 Å². The second kappa shape index (κ2) is 10.9. The number of nitrogens with one attached hydrogen (secondary N) is 1. The molecule has 2 N–H and O–H groups in total. The Morgan fingerprint density at radius 3 is 2.53 bits per heavy atom. The van der Waals surface area contributed by atoms with Gasteiger partial charge in [-0.05, 0) is 18.1 Å². The summed E-state index contributed by atoms with van der Waals surface area (Å²) in [6.45, 7) is 13.0. The third-order valence-corrected chi connectivity index (χ3v) is 5.18. The number of amides is 2. The van der Waals surface area contributed by atoms with Crippen LogP contribution in [0.1, 0.15) is 21.5 Å². The Bertz CT molecular complexity index is 1050. The molecule has 0 unspecified atom stereocenters. The number of phenols is 1. The summed E-state index contributed by atoms with van der Waals surface area (Å²) in [4.78, 5) is 31.8. The van der Waals surface area contributed by atoms with Gasteiger partial charge in [0.1, 0.15) is 5.75 Å². The molecule has 8 heteroatoms. The monoisotopic (exact) mass is 431 g/mol. The summed E-state index contributed by atoms with van der Waals surface area (Å²) < 4.78 is 0. The van der Waals surface area contributed by atoms with Crippen molar-refractivity contribution in [2.45, 2.75) is 6.42 Å². The van der Waals surface area contributed by atoms with Gasteiger partial charge in [-0.3, -0.25) is 14.5 Å². The Kier molecular flexibility index (Phi) is 7.73. The number of allylic oxidation sites excluding steroid dienone is 1. The number of hydrogen-bond donors (Lipinski definition) is 2. The van der Waals surface area contributed by atoms with E-state index in [1.54, 1.807) is 47.4 Å². The van der Waals surface area contributed by atoms with Crippen LogP contribution in [0.5, 0.6) is 5.75 Å². The van der Waals surface area contributed by atoms with Crippen molar-refractivity contribution < 1.29 is 14.7 Å². The molecule has 1 fully saturated rings. The first kappa shape index (κ1) is 22.7. The van der Waals surface area contributed by atoms with E-state index in [1.165, 1.54) is 6.21 Å². The molecule has 1 aliphatic rings. The molecule has 8 nitrogen and oxygen atoms in total.